The van der Waals surface area contributed by atoms with Crippen molar-refractivity contribution in [2.75, 3.05) is 26.2 Å². The molecule has 1 saturated heterocycles. The number of nitrogens with zero attached hydrogens (tertiary/aromatic N) is 1. The van der Waals surface area contributed by atoms with E-state index in [2.05, 4.69) is 0 Å². The lowest BCUT2D eigenvalue weighted by atomic mass is 9.96. The Balaban J connectivity index is 1.79. The van der Waals surface area contributed by atoms with Crippen LogP contribution in [-0.2, 0) is 4.79 Å². The Labute approximate surface area is 136 Å². The summed E-state index contributed by atoms with van der Waals surface area (Å²) in [5.41, 5.74) is 0. The monoisotopic (exact) mass is 351 g/mol. The zero-order chi connectivity index (χ0) is 17.0. The van der Waals surface area contributed by atoms with Crippen molar-refractivity contribution in [3.8, 4) is 5.75 Å². The average molecular weight is 352 g/mol. The summed E-state index contributed by atoms with van der Waals surface area (Å²) in [5, 5.41) is 9.49. The normalized spacial score (nSPS) is 22.3. The van der Waals surface area contributed by atoms with E-state index in [1.807, 2.05) is 0 Å². The smallest absolute Gasteiger partial charge is 0.393 e. The van der Waals surface area contributed by atoms with Gasteiger partial charge < -0.3 is 14.7 Å². The molecule has 1 heterocycles. The summed E-state index contributed by atoms with van der Waals surface area (Å²) in [5.74, 6) is -4.02. The first kappa shape index (κ1) is 17.9. The summed E-state index contributed by atoms with van der Waals surface area (Å²) in [4.78, 5) is 12.5. The first-order chi connectivity index (χ1) is 10.8. The summed E-state index contributed by atoms with van der Waals surface area (Å²) in [6, 6.07) is 6.84. The van der Waals surface area contributed by atoms with E-state index in [0.29, 0.717) is 30.3 Å². The molecule has 1 aliphatic heterocycles. The van der Waals surface area contributed by atoms with Crippen molar-refractivity contribution in [1.29, 1.82) is 0 Å². The Hall–Kier alpha value is -1.47. The van der Waals surface area contributed by atoms with Gasteiger partial charge in [0.15, 0.2) is 0 Å². The SMILES string of the molecule is O=C(O)[C@@H]1CN(CCCOc2cccc(Cl)c2)C[C@H]1C(F)(F)F. The lowest BCUT2D eigenvalue weighted by Crippen LogP contribution is -2.33. The van der Waals surface area contributed by atoms with Gasteiger partial charge >= 0.3 is 12.1 Å². The van der Waals surface area contributed by atoms with E-state index in [1.54, 1.807) is 24.3 Å². The number of ether oxygens (including phenoxy) is 1. The second-order valence-electron chi connectivity index (χ2n) is 5.51. The first-order valence-corrected chi connectivity index (χ1v) is 7.55. The molecule has 1 aromatic carbocycles. The molecule has 0 saturated carbocycles. The van der Waals surface area contributed by atoms with Gasteiger partial charge in [0.2, 0.25) is 0 Å². The fourth-order valence-corrected chi connectivity index (χ4v) is 2.86. The third kappa shape index (κ3) is 5.00. The summed E-state index contributed by atoms with van der Waals surface area (Å²) >= 11 is 5.82. The lowest BCUT2D eigenvalue weighted by molar-refractivity contribution is -0.188. The van der Waals surface area contributed by atoms with Crippen molar-refractivity contribution in [1.82, 2.24) is 4.90 Å². The summed E-state index contributed by atoms with van der Waals surface area (Å²) in [6.07, 6.45) is -3.99. The van der Waals surface area contributed by atoms with Gasteiger partial charge in [0.1, 0.15) is 5.75 Å². The minimum Gasteiger partial charge on any atom is -0.493 e. The molecule has 1 aromatic rings. The number of carboxylic acid groups (broad SMARTS) is 1. The van der Waals surface area contributed by atoms with Gasteiger partial charge in [-0.2, -0.15) is 13.2 Å². The van der Waals surface area contributed by atoms with E-state index in [4.69, 9.17) is 21.4 Å². The number of rotatable bonds is 6. The molecule has 0 aromatic heterocycles. The Morgan fingerprint density at radius 1 is 1.39 bits per heavy atom. The second-order valence-corrected chi connectivity index (χ2v) is 5.95. The number of benzene rings is 1. The van der Waals surface area contributed by atoms with Gasteiger partial charge in [-0.1, -0.05) is 17.7 Å². The Morgan fingerprint density at radius 3 is 2.70 bits per heavy atom. The van der Waals surface area contributed by atoms with Crippen LogP contribution in [0.4, 0.5) is 13.2 Å². The highest BCUT2D eigenvalue weighted by Crippen LogP contribution is 2.37. The molecule has 0 aliphatic carbocycles. The number of carbonyl (C=O) groups is 1. The third-order valence-corrected chi connectivity index (χ3v) is 4.05. The van der Waals surface area contributed by atoms with Crippen LogP contribution in [0.1, 0.15) is 6.42 Å². The number of hydrogen-bond donors (Lipinski definition) is 1. The minimum absolute atomic E-state index is 0.0866. The van der Waals surface area contributed by atoms with E-state index < -0.39 is 24.0 Å². The average Bonchev–Trinajstić information content (AvgIpc) is 2.88. The molecule has 0 amide bonds. The number of halogens is 4. The predicted octanol–water partition coefficient (Wildman–Crippen LogP) is 3.30. The minimum atomic E-state index is -4.49. The molecule has 4 nitrogen and oxygen atoms in total. The summed E-state index contributed by atoms with van der Waals surface area (Å²) in [7, 11) is 0. The van der Waals surface area contributed by atoms with Crippen molar-refractivity contribution in [2.45, 2.75) is 12.6 Å². The molecular formula is C15H17ClF3NO3. The zero-order valence-electron chi connectivity index (χ0n) is 12.2. The first-order valence-electron chi connectivity index (χ1n) is 7.17. The summed E-state index contributed by atoms with van der Waals surface area (Å²) < 4.78 is 44.1. The number of alkyl halides is 3. The van der Waals surface area contributed by atoms with E-state index in [1.165, 1.54) is 4.90 Å². The van der Waals surface area contributed by atoms with Crippen LogP contribution in [0.2, 0.25) is 5.02 Å². The van der Waals surface area contributed by atoms with Gasteiger partial charge in [0, 0.05) is 24.7 Å². The van der Waals surface area contributed by atoms with E-state index >= 15 is 0 Å². The molecule has 0 radical (unpaired) electrons. The topological polar surface area (TPSA) is 49.8 Å². The molecule has 23 heavy (non-hydrogen) atoms. The molecular weight excluding hydrogens is 335 g/mol. The molecule has 0 bridgehead atoms. The van der Waals surface area contributed by atoms with E-state index in [9.17, 15) is 18.0 Å². The largest absolute Gasteiger partial charge is 0.493 e. The number of aliphatic carboxylic acids is 1. The molecule has 128 valence electrons. The highest BCUT2D eigenvalue weighted by Gasteiger charge is 2.52. The third-order valence-electron chi connectivity index (χ3n) is 3.82. The molecule has 1 fully saturated rings. The molecule has 2 atom stereocenters. The van der Waals surface area contributed by atoms with Crippen LogP contribution in [0, 0.1) is 11.8 Å². The van der Waals surface area contributed by atoms with Crippen LogP contribution in [0.25, 0.3) is 0 Å². The maximum Gasteiger partial charge on any atom is 0.393 e. The Bertz CT molecular complexity index is 553. The second kappa shape index (κ2) is 7.40. The lowest BCUT2D eigenvalue weighted by Gasteiger charge is -2.18. The fraction of sp³-hybridized carbons (Fsp3) is 0.533. The van der Waals surface area contributed by atoms with Crippen molar-refractivity contribution in [3.05, 3.63) is 29.3 Å². The molecule has 8 heteroatoms. The maximum absolute atomic E-state index is 12.9. The van der Waals surface area contributed by atoms with Gasteiger partial charge in [-0.05, 0) is 24.6 Å². The molecule has 2 rings (SSSR count). The maximum atomic E-state index is 12.9. The van der Waals surface area contributed by atoms with Crippen molar-refractivity contribution in [3.63, 3.8) is 0 Å². The molecule has 0 unspecified atom stereocenters. The van der Waals surface area contributed by atoms with Crippen molar-refractivity contribution >= 4 is 17.6 Å². The van der Waals surface area contributed by atoms with Crippen LogP contribution in [-0.4, -0.2) is 48.4 Å². The van der Waals surface area contributed by atoms with Crippen LogP contribution in [0.3, 0.4) is 0 Å². The van der Waals surface area contributed by atoms with Gasteiger partial charge in [-0.3, -0.25) is 4.79 Å². The van der Waals surface area contributed by atoms with Crippen LogP contribution in [0.15, 0.2) is 24.3 Å². The highest BCUT2D eigenvalue weighted by molar-refractivity contribution is 6.30. The van der Waals surface area contributed by atoms with Crippen LogP contribution < -0.4 is 4.74 Å². The van der Waals surface area contributed by atoms with Gasteiger partial charge in [0.25, 0.3) is 0 Å². The highest BCUT2D eigenvalue weighted by atomic mass is 35.5. The quantitative estimate of drug-likeness (QED) is 0.799. The predicted molar refractivity (Wildman–Crippen MR) is 78.7 cm³/mol. The number of carboxylic acids is 1. The number of likely N-dealkylation sites (tertiary alicyclic amines) is 1. The van der Waals surface area contributed by atoms with E-state index in [0.717, 1.165) is 0 Å². The van der Waals surface area contributed by atoms with Crippen LogP contribution >= 0.6 is 11.6 Å². The molecule has 0 spiro atoms. The van der Waals surface area contributed by atoms with E-state index in [-0.39, 0.29) is 13.1 Å². The van der Waals surface area contributed by atoms with Crippen LogP contribution in [0.5, 0.6) is 5.75 Å². The Kier molecular flexibility index (Phi) is 5.75. The standard InChI is InChI=1S/C15H17ClF3NO3/c16-10-3-1-4-11(7-10)23-6-2-5-20-8-12(14(21)22)13(9-20)15(17,18)19/h1,3-4,7,12-13H,2,5-6,8-9H2,(H,21,22)/t12-,13-/m1/s1. The van der Waals surface area contributed by atoms with Gasteiger partial charge in [-0.25, -0.2) is 0 Å². The Morgan fingerprint density at radius 2 is 2.13 bits per heavy atom. The molecule has 1 aliphatic rings. The van der Waals surface area contributed by atoms with Gasteiger partial charge in [0.05, 0.1) is 18.4 Å². The summed E-state index contributed by atoms with van der Waals surface area (Å²) in [6.45, 7) is 0.316. The van der Waals surface area contributed by atoms with Gasteiger partial charge in [-0.15, -0.1) is 0 Å². The zero-order valence-corrected chi connectivity index (χ0v) is 13.0. The van der Waals surface area contributed by atoms with Crippen molar-refractivity contribution in [2.24, 2.45) is 11.8 Å². The van der Waals surface area contributed by atoms with Crippen molar-refractivity contribution < 1.29 is 27.8 Å². The fourth-order valence-electron chi connectivity index (χ4n) is 2.68. The molecule has 1 N–H and O–H groups in total. The number of hydrogen-bond acceptors (Lipinski definition) is 3.